The van der Waals surface area contributed by atoms with Gasteiger partial charge in [0.2, 0.25) is 0 Å². The number of aliphatic carboxylic acids is 1. The predicted molar refractivity (Wildman–Crippen MR) is 52.3 cm³/mol. The fourth-order valence-electron chi connectivity index (χ4n) is 1.11. The van der Waals surface area contributed by atoms with Gasteiger partial charge in [-0.1, -0.05) is 13.3 Å². The molecule has 0 heterocycles. The Morgan fingerprint density at radius 1 is 1.54 bits per heavy atom. The summed E-state index contributed by atoms with van der Waals surface area (Å²) >= 11 is 0. The highest BCUT2D eigenvalue weighted by molar-refractivity contribution is 5.78. The molecule has 4 nitrogen and oxygen atoms in total. The minimum Gasteiger partial charge on any atom is -0.480 e. The van der Waals surface area contributed by atoms with Crippen LogP contribution < -0.4 is 11.5 Å². The van der Waals surface area contributed by atoms with Gasteiger partial charge in [-0.15, -0.1) is 0 Å². The number of unbranched alkanes of at least 4 members (excludes halogenated alkanes) is 1. The normalized spacial score (nSPS) is 17.8. The number of nitrogens with two attached hydrogens (primary N) is 2. The number of carboxylic acids is 1. The van der Waals surface area contributed by atoms with Crippen molar-refractivity contribution in [3.05, 3.63) is 0 Å². The van der Waals surface area contributed by atoms with Crippen LogP contribution in [0, 0.1) is 5.92 Å². The summed E-state index contributed by atoms with van der Waals surface area (Å²) in [6, 6.07) is 0. The lowest BCUT2D eigenvalue weighted by molar-refractivity contribution is -0.144. The molecule has 78 valence electrons. The summed E-state index contributed by atoms with van der Waals surface area (Å²) in [6.45, 7) is 4.08. The van der Waals surface area contributed by atoms with Crippen molar-refractivity contribution in [3.63, 3.8) is 0 Å². The summed E-state index contributed by atoms with van der Waals surface area (Å²) in [5.74, 6) is -0.954. The molecule has 0 aliphatic rings. The van der Waals surface area contributed by atoms with Crippen LogP contribution in [0.5, 0.6) is 0 Å². The molecule has 0 aromatic heterocycles. The van der Waals surface area contributed by atoms with E-state index in [0.29, 0.717) is 6.54 Å². The van der Waals surface area contributed by atoms with Crippen LogP contribution in [-0.2, 0) is 4.79 Å². The Kier molecular flexibility index (Phi) is 4.95. The van der Waals surface area contributed by atoms with Gasteiger partial charge in [0.1, 0.15) is 5.54 Å². The van der Waals surface area contributed by atoms with Gasteiger partial charge in [0.25, 0.3) is 0 Å². The summed E-state index contributed by atoms with van der Waals surface area (Å²) in [4.78, 5) is 10.7. The van der Waals surface area contributed by atoms with Crippen molar-refractivity contribution in [1.29, 1.82) is 0 Å². The minimum atomic E-state index is -1.12. The first-order valence-corrected chi connectivity index (χ1v) is 4.65. The van der Waals surface area contributed by atoms with E-state index in [4.69, 9.17) is 16.6 Å². The van der Waals surface area contributed by atoms with Crippen molar-refractivity contribution < 1.29 is 9.90 Å². The smallest absolute Gasteiger partial charge is 0.323 e. The Labute approximate surface area is 79.3 Å². The topological polar surface area (TPSA) is 89.3 Å². The molecule has 0 radical (unpaired) electrons. The van der Waals surface area contributed by atoms with Crippen molar-refractivity contribution in [2.24, 2.45) is 17.4 Å². The predicted octanol–water partition coefficient (Wildman–Crippen LogP) is 0.554. The van der Waals surface area contributed by atoms with E-state index in [1.807, 2.05) is 6.92 Å². The zero-order valence-electron chi connectivity index (χ0n) is 8.42. The van der Waals surface area contributed by atoms with Gasteiger partial charge in [0, 0.05) is 0 Å². The molecule has 0 spiro atoms. The van der Waals surface area contributed by atoms with Crippen LogP contribution in [0.1, 0.15) is 33.1 Å². The van der Waals surface area contributed by atoms with E-state index in [1.54, 1.807) is 6.92 Å². The number of hydrogen-bond acceptors (Lipinski definition) is 3. The van der Waals surface area contributed by atoms with E-state index in [9.17, 15) is 4.79 Å². The molecule has 2 atom stereocenters. The Morgan fingerprint density at radius 3 is 2.46 bits per heavy atom. The zero-order valence-corrected chi connectivity index (χ0v) is 8.42. The maximum atomic E-state index is 10.7. The third kappa shape index (κ3) is 3.74. The SMILES string of the molecule is C[C@@H](CCCCN)[C@@](C)(N)C(=O)O. The van der Waals surface area contributed by atoms with E-state index in [1.165, 1.54) is 0 Å². The van der Waals surface area contributed by atoms with Gasteiger partial charge < -0.3 is 16.6 Å². The lowest BCUT2D eigenvalue weighted by Gasteiger charge is -2.26. The van der Waals surface area contributed by atoms with Gasteiger partial charge in [-0.2, -0.15) is 0 Å². The third-order valence-electron chi connectivity index (χ3n) is 2.58. The number of hydrogen-bond donors (Lipinski definition) is 3. The lowest BCUT2D eigenvalue weighted by atomic mass is 9.84. The second-order valence-electron chi connectivity index (χ2n) is 3.77. The van der Waals surface area contributed by atoms with Crippen LogP contribution >= 0.6 is 0 Å². The van der Waals surface area contributed by atoms with Gasteiger partial charge in [-0.3, -0.25) is 4.79 Å². The first-order chi connectivity index (χ1) is 5.92. The van der Waals surface area contributed by atoms with E-state index in [0.717, 1.165) is 19.3 Å². The summed E-state index contributed by atoms with van der Waals surface area (Å²) in [7, 11) is 0. The largest absolute Gasteiger partial charge is 0.480 e. The summed E-state index contributed by atoms with van der Waals surface area (Å²) in [5, 5.41) is 8.82. The molecule has 0 aromatic rings. The molecule has 0 amide bonds. The standard InChI is InChI=1S/C9H20N2O2/c1-7(5-3-4-6-10)9(2,11)8(12)13/h7H,3-6,10-11H2,1-2H3,(H,12,13)/t7-,9+/m0/s1. The number of carbonyl (C=O) groups is 1. The molecule has 13 heavy (non-hydrogen) atoms. The molecule has 0 rings (SSSR count). The van der Waals surface area contributed by atoms with Gasteiger partial charge in [0.15, 0.2) is 0 Å². The molecule has 4 heteroatoms. The summed E-state index contributed by atoms with van der Waals surface area (Å²) in [6.07, 6.45) is 2.69. The molecule has 0 unspecified atom stereocenters. The second kappa shape index (κ2) is 5.19. The summed E-state index contributed by atoms with van der Waals surface area (Å²) in [5.41, 5.74) is 9.87. The molecule has 0 saturated carbocycles. The Hall–Kier alpha value is -0.610. The maximum Gasteiger partial charge on any atom is 0.323 e. The lowest BCUT2D eigenvalue weighted by Crippen LogP contribution is -2.50. The first kappa shape index (κ1) is 12.4. The van der Waals surface area contributed by atoms with Crippen molar-refractivity contribution >= 4 is 5.97 Å². The molecule has 0 fully saturated rings. The van der Waals surface area contributed by atoms with Crippen molar-refractivity contribution in [2.45, 2.75) is 38.6 Å². The molecule has 5 N–H and O–H groups in total. The molecule has 0 saturated heterocycles. The van der Waals surface area contributed by atoms with Crippen LogP contribution in [0.15, 0.2) is 0 Å². The minimum absolute atomic E-state index is 0.0171. The van der Waals surface area contributed by atoms with Crippen molar-refractivity contribution in [2.75, 3.05) is 6.54 Å². The molecular weight excluding hydrogens is 168 g/mol. The van der Waals surface area contributed by atoms with Crippen LogP contribution in [0.4, 0.5) is 0 Å². The van der Waals surface area contributed by atoms with Gasteiger partial charge in [-0.25, -0.2) is 0 Å². The Bertz CT molecular complexity index is 169. The maximum absolute atomic E-state index is 10.7. The number of carboxylic acid groups (broad SMARTS) is 1. The highest BCUT2D eigenvalue weighted by Crippen LogP contribution is 2.19. The van der Waals surface area contributed by atoms with Gasteiger partial charge in [-0.05, 0) is 32.2 Å². The first-order valence-electron chi connectivity index (χ1n) is 4.65. The fraction of sp³-hybridized carbons (Fsp3) is 0.889. The van der Waals surface area contributed by atoms with Crippen LogP contribution in [0.2, 0.25) is 0 Å². The van der Waals surface area contributed by atoms with Gasteiger partial charge in [0.05, 0.1) is 0 Å². The quantitative estimate of drug-likeness (QED) is 0.531. The van der Waals surface area contributed by atoms with E-state index in [2.05, 4.69) is 0 Å². The van der Waals surface area contributed by atoms with E-state index < -0.39 is 11.5 Å². The van der Waals surface area contributed by atoms with E-state index >= 15 is 0 Å². The van der Waals surface area contributed by atoms with Crippen molar-refractivity contribution in [3.8, 4) is 0 Å². The molecule has 0 aliphatic carbocycles. The van der Waals surface area contributed by atoms with E-state index in [-0.39, 0.29) is 5.92 Å². The Balaban J connectivity index is 3.94. The average molecular weight is 188 g/mol. The van der Waals surface area contributed by atoms with Crippen LogP contribution in [0.3, 0.4) is 0 Å². The highest BCUT2D eigenvalue weighted by atomic mass is 16.4. The monoisotopic (exact) mass is 188 g/mol. The Morgan fingerprint density at radius 2 is 2.08 bits per heavy atom. The zero-order chi connectivity index (χ0) is 10.5. The molecule has 0 bridgehead atoms. The van der Waals surface area contributed by atoms with Crippen LogP contribution in [-0.4, -0.2) is 23.2 Å². The highest BCUT2D eigenvalue weighted by Gasteiger charge is 2.33. The van der Waals surface area contributed by atoms with Gasteiger partial charge >= 0.3 is 5.97 Å². The second-order valence-corrected chi connectivity index (χ2v) is 3.77. The number of rotatable bonds is 6. The molecule has 0 aromatic carbocycles. The third-order valence-corrected chi connectivity index (χ3v) is 2.58. The van der Waals surface area contributed by atoms with Crippen molar-refractivity contribution in [1.82, 2.24) is 0 Å². The molecule has 0 aliphatic heterocycles. The summed E-state index contributed by atoms with van der Waals surface area (Å²) < 4.78 is 0. The molecular formula is C9H20N2O2. The van der Waals surface area contributed by atoms with Crippen LogP contribution in [0.25, 0.3) is 0 Å². The average Bonchev–Trinajstić information content (AvgIpc) is 2.04. The fourth-order valence-corrected chi connectivity index (χ4v) is 1.11.